The van der Waals surface area contributed by atoms with Gasteiger partial charge in [0, 0.05) is 17.8 Å². The molecule has 3 nitrogen and oxygen atoms in total. The third-order valence-corrected chi connectivity index (χ3v) is 4.73. The Morgan fingerprint density at radius 2 is 2.30 bits per heavy atom. The van der Waals surface area contributed by atoms with Gasteiger partial charge in [0.1, 0.15) is 5.01 Å². The topological polar surface area (TPSA) is 42.0 Å². The number of nitrogens with zero attached hydrogens (tertiary/aromatic N) is 1. The molecule has 1 aliphatic rings. The van der Waals surface area contributed by atoms with Crippen LogP contribution in [-0.2, 0) is 23.5 Å². The SMILES string of the molecule is O=C(Cc1nc(CCl)cs1)NCC1Cc2ccccc21. The van der Waals surface area contributed by atoms with Gasteiger partial charge in [-0.05, 0) is 17.5 Å². The number of nitrogens with one attached hydrogen (secondary N) is 1. The Morgan fingerprint density at radius 3 is 3.05 bits per heavy atom. The van der Waals surface area contributed by atoms with Gasteiger partial charge in [-0.3, -0.25) is 4.79 Å². The zero-order valence-electron chi connectivity index (χ0n) is 10.9. The molecule has 0 radical (unpaired) electrons. The molecule has 0 fully saturated rings. The highest BCUT2D eigenvalue weighted by Gasteiger charge is 2.25. The molecule has 3 rings (SSSR count). The van der Waals surface area contributed by atoms with Gasteiger partial charge in [0.15, 0.2) is 0 Å². The number of thiazole rings is 1. The number of amides is 1. The van der Waals surface area contributed by atoms with Crippen molar-refractivity contribution in [1.82, 2.24) is 10.3 Å². The van der Waals surface area contributed by atoms with E-state index in [0.29, 0.717) is 24.8 Å². The molecular formula is C15H15ClN2OS. The third kappa shape index (κ3) is 2.86. The van der Waals surface area contributed by atoms with Crippen molar-refractivity contribution in [2.45, 2.75) is 24.6 Å². The zero-order valence-corrected chi connectivity index (χ0v) is 12.5. The van der Waals surface area contributed by atoms with Crippen molar-refractivity contribution in [3.05, 3.63) is 51.5 Å². The molecule has 1 aromatic carbocycles. The molecule has 1 unspecified atom stereocenters. The van der Waals surface area contributed by atoms with Gasteiger partial charge in [-0.1, -0.05) is 24.3 Å². The van der Waals surface area contributed by atoms with E-state index in [-0.39, 0.29) is 5.91 Å². The number of aromatic nitrogens is 1. The molecule has 0 aliphatic heterocycles. The van der Waals surface area contributed by atoms with E-state index in [1.807, 2.05) is 5.38 Å². The average molecular weight is 307 g/mol. The summed E-state index contributed by atoms with van der Waals surface area (Å²) in [6, 6.07) is 8.40. The van der Waals surface area contributed by atoms with Crippen LogP contribution in [0.1, 0.15) is 27.7 Å². The first-order valence-corrected chi connectivity index (χ1v) is 8.01. The van der Waals surface area contributed by atoms with Gasteiger partial charge in [-0.15, -0.1) is 22.9 Å². The van der Waals surface area contributed by atoms with E-state index in [9.17, 15) is 4.79 Å². The largest absolute Gasteiger partial charge is 0.355 e. The maximum atomic E-state index is 11.9. The molecule has 1 heterocycles. The van der Waals surface area contributed by atoms with Gasteiger partial charge >= 0.3 is 0 Å². The molecule has 0 saturated heterocycles. The van der Waals surface area contributed by atoms with E-state index < -0.39 is 0 Å². The minimum atomic E-state index is 0.0323. The first kappa shape index (κ1) is 13.6. The molecule has 5 heteroatoms. The number of halogens is 1. The summed E-state index contributed by atoms with van der Waals surface area (Å²) in [5, 5.41) is 5.72. The van der Waals surface area contributed by atoms with Crippen LogP contribution < -0.4 is 5.32 Å². The summed E-state index contributed by atoms with van der Waals surface area (Å²) in [5.41, 5.74) is 3.61. The molecule has 2 aromatic rings. The number of alkyl halides is 1. The maximum Gasteiger partial charge on any atom is 0.226 e. The van der Waals surface area contributed by atoms with Crippen LogP contribution in [0.2, 0.25) is 0 Å². The lowest BCUT2D eigenvalue weighted by atomic mass is 9.77. The average Bonchev–Trinajstić information content (AvgIpc) is 2.87. The predicted octanol–water partition coefficient (Wildman–Crippen LogP) is 2.88. The van der Waals surface area contributed by atoms with Crippen LogP contribution in [-0.4, -0.2) is 17.4 Å². The first-order chi connectivity index (χ1) is 9.76. The molecule has 20 heavy (non-hydrogen) atoms. The van der Waals surface area contributed by atoms with Gasteiger partial charge in [-0.2, -0.15) is 0 Å². The highest BCUT2D eigenvalue weighted by atomic mass is 35.5. The van der Waals surface area contributed by atoms with Crippen molar-refractivity contribution in [3.63, 3.8) is 0 Å². The van der Waals surface area contributed by atoms with Crippen molar-refractivity contribution < 1.29 is 4.79 Å². The van der Waals surface area contributed by atoms with Crippen molar-refractivity contribution in [2.75, 3.05) is 6.54 Å². The normalized spacial score (nSPS) is 16.4. The number of rotatable bonds is 5. The quantitative estimate of drug-likeness (QED) is 0.863. The second-order valence-electron chi connectivity index (χ2n) is 4.95. The minimum absolute atomic E-state index is 0.0323. The Morgan fingerprint density at radius 1 is 1.45 bits per heavy atom. The van der Waals surface area contributed by atoms with Crippen LogP contribution >= 0.6 is 22.9 Å². The fourth-order valence-electron chi connectivity index (χ4n) is 2.47. The van der Waals surface area contributed by atoms with E-state index in [4.69, 9.17) is 11.6 Å². The molecule has 1 aromatic heterocycles. The monoisotopic (exact) mass is 306 g/mol. The van der Waals surface area contributed by atoms with Gasteiger partial charge in [0.2, 0.25) is 5.91 Å². The van der Waals surface area contributed by atoms with E-state index >= 15 is 0 Å². The Kier molecular flexibility index (Phi) is 4.03. The lowest BCUT2D eigenvalue weighted by Crippen LogP contribution is -2.33. The van der Waals surface area contributed by atoms with E-state index in [0.717, 1.165) is 17.1 Å². The summed E-state index contributed by atoms with van der Waals surface area (Å²) in [6.07, 6.45) is 1.40. The summed E-state index contributed by atoms with van der Waals surface area (Å²) >= 11 is 7.19. The lowest BCUT2D eigenvalue weighted by molar-refractivity contribution is -0.120. The van der Waals surface area contributed by atoms with Crippen molar-refractivity contribution in [3.8, 4) is 0 Å². The van der Waals surface area contributed by atoms with Crippen molar-refractivity contribution in [2.24, 2.45) is 0 Å². The highest BCUT2D eigenvalue weighted by Crippen LogP contribution is 2.33. The zero-order chi connectivity index (χ0) is 13.9. The molecule has 0 bridgehead atoms. The molecule has 0 saturated carbocycles. The maximum absolute atomic E-state index is 11.9. The van der Waals surface area contributed by atoms with Crippen molar-refractivity contribution in [1.29, 1.82) is 0 Å². The lowest BCUT2D eigenvalue weighted by Gasteiger charge is -2.30. The molecule has 104 valence electrons. The van der Waals surface area contributed by atoms with Crippen LogP contribution in [0.15, 0.2) is 29.6 Å². The number of benzene rings is 1. The summed E-state index contributed by atoms with van der Waals surface area (Å²) in [7, 11) is 0. The molecular weight excluding hydrogens is 292 g/mol. The van der Waals surface area contributed by atoms with Crippen LogP contribution in [0, 0.1) is 0 Å². The standard InChI is InChI=1S/C15H15ClN2OS/c16-7-12-9-20-15(18-12)6-14(19)17-8-11-5-10-3-1-2-4-13(10)11/h1-4,9,11H,5-8H2,(H,17,19). The number of carbonyl (C=O) groups is 1. The minimum Gasteiger partial charge on any atom is -0.355 e. The van der Waals surface area contributed by atoms with E-state index in [2.05, 4.69) is 34.6 Å². The van der Waals surface area contributed by atoms with Gasteiger partial charge in [-0.25, -0.2) is 4.98 Å². The summed E-state index contributed by atoms with van der Waals surface area (Å²) in [6.45, 7) is 0.712. The van der Waals surface area contributed by atoms with Gasteiger partial charge < -0.3 is 5.32 Å². The summed E-state index contributed by atoms with van der Waals surface area (Å²) in [5.74, 6) is 0.895. The smallest absolute Gasteiger partial charge is 0.226 e. The van der Waals surface area contributed by atoms with Crippen LogP contribution in [0.4, 0.5) is 0 Å². The number of fused-ring (bicyclic) bond motifs is 1. The van der Waals surface area contributed by atoms with Crippen LogP contribution in [0.3, 0.4) is 0 Å². The molecule has 0 spiro atoms. The van der Waals surface area contributed by atoms with Crippen LogP contribution in [0.5, 0.6) is 0 Å². The molecule has 1 aliphatic carbocycles. The Bertz CT molecular complexity index is 626. The molecule has 1 atom stereocenters. The molecule has 1 amide bonds. The van der Waals surface area contributed by atoms with E-state index in [1.54, 1.807) is 0 Å². The van der Waals surface area contributed by atoms with Crippen LogP contribution in [0.25, 0.3) is 0 Å². The fourth-order valence-corrected chi connectivity index (χ4v) is 3.49. The Labute approximate surface area is 127 Å². The predicted molar refractivity (Wildman–Crippen MR) is 81.3 cm³/mol. The third-order valence-electron chi connectivity index (χ3n) is 3.55. The molecule has 1 N–H and O–H groups in total. The number of hydrogen-bond acceptors (Lipinski definition) is 3. The van der Waals surface area contributed by atoms with E-state index in [1.165, 1.54) is 22.5 Å². The van der Waals surface area contributed by atoms with Gasteiger partial charge in [0.05, 0.1) is 18.0 Å². The van der Waals surface area contributed by atoms with Crippen molar-refractivity contribution >= 4 is 28.8 Å². The summed E-state index contributed by atoms with van der Waals surface area (Å²) < 4.78 is 0. The number of carbonyl (C=O) groups excluding carboxylic acids is 1. The fraction of sp³-hybridized carbons (Fsp3) is 0.333. The second-order valence-corrected chi connectivity index (χ2v) is 6.16. The first-order valence-electron chi connectivity index (χ1n) is 6.60. The Hall–Kier alpha value is -1.39. The number of hydrogen-bond donors (Lipinski definition) is 1. The van der Waals surface area contributed by atoms with Gasteiger partial charge in [0.25, 0.3) is 0 Å². The summed E-state index contributed by atoms with van der Waals surface area (Å²) in [4.78, 5) is 16.2. The second kappa shape index (κ2) is 5.94. The Balaban J connectivity index is 1.49. The highest BCUT2D eigenvalue weighted by molar-refractivity contribution is 7.09.